The van der Waals surface area contributed by atoms with Crippen molar-refractivity contribution < 1.29 is 19.1 Å². The van der Waals surface area contributed by atoms with E-state index < -0.39 is 0 Å². The normalized spacial score (nSPS) is 19.8. The summed E-state index contributed by atoms with van der Waals surface area (Å²) in [7, 11) is 0. The number of carbonyl (C=O) groups is 2. The van der Waals surface area contributed by atoms with Crippen LogP contribution in [-0.2, 0) is 22.6 Å². The first-order valence-corrected chi connectivity index (χ1v) is 9.59. The topological polar surface area (TPSA) is 85.7 Å². The Labute approximate surface area is 163 Å². The molecule has 2 aromatic rings. The molecule has 1 aromatic heterocycles. The minimum absolute atomic E-state index is 0.100. The number of aryl methyl sites for hydroxylation is 1. The van der Waals surface area contributed by atoms with Crippen LogP contribution in [0.25, 0.3) is 0 Å². The largest absolute Gasteiger partial charge is 0.376 e. The second-order valence-electron chi connectivity index (χ2n) is 6.98. The van der Waals surface area contributed by atoms with Crippen LogP contribution in [0.2, 0.25) is 0 Å². The van der Waals surface area contributed by atoms with Crippen LogP contribution in [0, 0.1) is 0 Å². The van der Waals surface area contributed by atoms with Crippen molar-refractivity contribution >= 4 is 11.8 Å². The Morgan fingerprint density at radius 1 is 1.21 bits per heavy atom. The van der Waals surface area contributed by atoms with Gasteiger partial charge in [0.15, 0.2) is 5.69 Å². The average molecular weight is 384 g/mol. The number of hydrogen-bond acceptors (Lipinski definition) is 5. The Balaban J connectivity index is 1.43. The zero-order valence-electron chi connectivity index (χ0n) is 15.7. The third-order valence-electron chi connectivity index (χ3n) is 4.91. The highest BCUT2D eigenvalue weighted by molar-refractivity contribution is 5.98. The molecule has 2 aliphatic rings. The summed E-state index contributed by atoms with van der Waals surface area (Å²) in [5.74, 6) is -0.408. The fourth-order valence-corrected chi connectivity index (χ4v) is 3.45. The van der Waals surface area contributed by atoms with Crippen molar-refractivity contribution in [2.45, 2.75) is 25.6 Å². The van der Waals surface area contributed by atoms with Crippen LogP contribution in [0.4, 0.5) is 0 Å². The minimum Gasteiger partial charge on any atom is -0.376 e. The number of ether oxygens (including phenoxy) is 2. The fraction of sp³-hybridized carbons (Fsp3) is 0.450. The van der Waals surface area contributed by atoms with Crippen LogP contribution in [0.1, 0.15) is 33.0 Å². The van der Waals surface area contributed by atoms with Gasteiger partial charge in [0.25, 0.3) is 11.8 Å². The summed E-state index contributed by atoms with van der Waals surface area (Å²) in [5.41, 5.74) is 1.79. The van der Waals surface area contributed by atoms with Crippen molar-refractivity contribution in [1.82, 2.24) is 20.0 Å². The molecule has 8 heteroatoms. The van der Waals surface area contributed by atoms with Gasteiger partial charge in [-0.1, -0.05) is 30.3 Å². The Bertz CT molecular complexity index is 830. The molecule has 148 valence electrons. The number of nitrogens with zero attached hydrogens (tertiary/aromatic N) is 3. The first-order chi connectivity index (χ1) is 13.7. The van der Waals surface area contributed by atoms with Crippen molar-refractivity contribution in [3.05, 3.63) is 53.3 Å². The first kappa shape index (κ1) is 18.6. The highest BCUT2D eigenvalue weighted by Crippen LogP contribution is 2.16. The summed E-state index contributed by atoms with van der Waals surface area (Å²) in [6.07, 6.45) is 0.641. The van der Waals surface area contributed by atoms with Gasteiger partial charge in [0, 0.05) is 32.2 Å². The summed E-state index contributed by atoms with van der Waals surface area (Å²) < 4.78 is 12.5. The van der Waals surface area contributed by atoms with Crippen molar-refractivity contribution in [3.8, 4) is 0 Å². The van der Waals surface area contributed by atoms with E-state index in [2.05, 4.69) is 10.4 Å². The van der Waals surface area contributed by atoms with Crippen molar-refractivity contribution in [2.75, 3.05) is 32.9 Å². The van der Waals surface area contributed by atoms with E-state index in [4.69, 9.17) is 9.47 Å². The second kappa shape index (κ2) is 8.53. The van der Waals surface area contributed by atoms with Gasteiger partial charge in [-0.05, 0) is 12.0 Å². The molecule has 1 saturated heterocycles. The number of rotatable bonds is 5. The van der Waals surface area contributed by atoms with E-state index >= 15 is 0 Å². The van der Waals surface area contributed by atoms with Crippen LogP contribution in [0.5, 0.6) is 0 Å². The lowest BCUT2D eigenvalue weighted by molar-refractivity contribution is -0.0855. The zero-order valence-corrected chi connectivity index (χ0v) is 15.7. The average Bonchev–Trinajstić information content (AvgIpc) is 3.11. The van der Waals surface area contributed by atoms with Gasteiger partial charge in [-0.3, -0.25) is 14.3 Å². The predicted molar refractivity (Wildman–Crippen MR) is 101 cm³/mol. The Morgan fingerprint density at radius 3 is 2.86 bits per heavy atom. The van der Waals surface area contributed by atoms with Crippen LogP contribution in [0.15, 0.2) is 36.4 Å². The molecule has 0 radical (unpaired) electrons. The molecular weight excluding hydrogens is 360 g/mol. The molecule has 0 saturated carbocycles. The maximum absolute atomic E-state index is 13.0. The number of carbonyl (C=O) groups excluding carboxylic acids is 2. The zero-order chi connectivity index (χ0) is 19.3. The van der Waals surface area contributed by atoms with Crippen LogP contribution in [0.3, 0.4) is 0 Å². The Hall–Kier alpha value is -2.71. The minimum atomic E-state index is -0.308. The maximum atomic E-state index is 13.0. The third-order valence-corrected chi connectivity index (χ3v) is 4.91. The van der Waals surface area contributed by atoms with Crippen molar-refractivity contribution in [3.63, 3.8) is 0 Å². The number of hydrogen-bond donors (Lipinski definition) is 1. The lowest BCUT2D eigenvalue weighted by Gasteiger charge is -2.22. The van der Waals surface area contributed by atoms with Crippen LogP contribution >= 0.6 is 0 Å². The van der Waals surface area contributed by atoms with E-state index in [-0.39, 0.29) is 23.6 Å². The van der Waals surface area contributed by atoms with Gasteiger partial charge in [-0.15, -0.1) is 0 Å². The summed E-state index contributed by atoms with van der Waals surface area (Å²) >= 11 is 0. The van der Waals surface area contributed by atoms with Gasteiger partial charge in [-0.25, -0.2) is 0 Å². The standard InChI is InChI=1S/C20H24N4O4/c25-19(21-12-16-14-27-9-10-28-16)17-11-18-20(26)23(7-4-8-24(18)22-17)13-15-5-2-1-3-6-15/h1-3,5-6,11,16H,4,7-10,12-14H2,(H,21,25)/t16-/m0/s1. The smallest absolute Gasteiger partial charge is 0.272 e. The highest BCUT2D eigenvalue weighted by atomic mass is 16.6. The Kier molecular flexibility index (Phi) is 5.68. The van der Waals surface area contributed by atoms with Crippen molar-refractivity contribution in [1.29, 1.82) is 0 Å². The molecule has 1 N–H and O–H groups in total. The summed E-state index contributed by atoms with van der Waals surface area (Å²) in [5, 5.41) is 7.17. The van der Waals surface area contributed by atoms with Gasteiger partial charge < -0.3 is 19.7 Å². The van der Waals surface area contributed by atoms with E-state index in [0.717, 1.165) is 12.0 Å². The third kappa shape index (κ3) is 4.23. The van der Waals surface area contributed by atoms with Crippen LogP contribution in [-0.4, -0.2) is 65.5 Å². The molecule has 1 atom stereocenters. The molecule has 2 amide bonds. The van der Waals surface area contributed by atoms with Gasteiger partial charge >= 0.3 is 0 Å². The van der Waals surface area contributed by atoms with E-state index in [1.165, 1.54) is 0 Å². The quantitative estimate of drug-likeness (QED) is 0.834. The molecule has 2 aliphatic heterocycles. The fourth-order valence-electron chi connectivity index (χ4n) is 3.45. The van der Waals surface area contributed by atoms with E-state index in [1.807, 2.05) is 35.2 Å². The number of benzene rings is 1. The van der Waals surface area contributed by atoms with E-state index in [0.29, 0.717) is 51.7 Å². The molecule has 0 spiro atoms. The summed E-state index contributed by atoms with van der Waals surface area (Å²) in [4.78, 5) is 27.3. The molecule has 4 rings (SSSR count). The molecule has 3 heterocycles. The highest BCUT2D eigenvalue weighted by Gasteiger charge is 2.26. The number of nitrogens with one attached hydrogen (secondary N) is 1. The second-order valence-corrected chi connectivity index (χ2v) is 6.98. The lowest BCUT2D eigenvalue weighted by Crippen LogP contribution is -2.39. The molecule has 1 fully saturated rings. The first-order valence-electron chi connectivity index (χ1n) is 9.59. The molecule has 8 nitrogen and oxygen atoms in total. The summed E-state index contributed by atoms with van der Waals surface area (Å²) in [6.45, 7) is 3.76. The van der Waals surface area contributed by atoms with Crippen molar-refractivity contribution in [2.24, 2.45) is 0 Å². The number of fused-ring (bicyclic) bond motifs is 1. The molecule has 0 unspecified atom stereocenters. The van der Waals surface area contributed by atoms with Crippen LogP contribution < -0.4 is 5.32 Å². The molecular formula is C20H24N4O4. The molecule has 28 heavy (non-hydrogen) atoms. The lowest BCUT2D eigenvalue weighted by atomic mass is 10.2. The van der Waals surface area contributed by atoms with E-state index in [1.54, 1.807) is 10.7 Å². The van der Waals surface area contributed by atoms with Gasteiger partial charge in [-0.2, -0.15) is 5.10 Å². The monoisotopic (exact) mass is 384 g/mol. The SMILES string of the molecule is O=C(NC[C@H]1COCCO1)c1cc2n(n1)CCCN(Cc1ccccc1)C2=O. The molecule has 1 aromatic carbocycles. The number of amides is 2. The number of aromatic nitrogens is 2. The van der Waals surface area contributed by atoms with Gasteiger partial charge in [0.2, 0.25) is 0 Å². The summed E-state index contributed by atoms with van der Waals surface area (Å²) in [6, 6.07) is 11.5. The van der Waals surface area contributed by atoms with Gasteiger partial charge in [0.05, 0.1) is 25.9 Å². The molecule has 0 aliphatic carbocycles. The van der Waals surface area contributed by atoms with Gasteiger partial charge in [0.1, 0.15) is 5.69 Å². The Morgan fingerprint density at radius 2 is 2.07 bits per heavy atom. The predicted octanol–water partition coefficient (Wildman–Crippen LogP) is 1.07. The molecule has 0 bridgehead atoms. The van der Waals surface area contributed by atoms with E-state index in [9.17, 15) is 9.59 Å². The maximum Gasteiger partial charge on any atom is 0.272 e.